The van der Waals surface area contributed by atoms with Gasteiger partial charge in [-0.1, -0.05) is 45.0 Å². The summed E-state index contributed by atoms with van der Waals surface area (Å²) in [7, 11) is -0.376. The quantitative estimate of drug-likeness (QED) is 0.315. The summed E-state index contributed by atoms with van der Waals surface area (Å²) < 4.78 is 94.1. The zero-order valence-corrected chi connectivity index (χ0v) is 22.6. The molecule has 0 aliphatic carbocycles. The average molecular weight is 563 g/mol. The van der Waals surface area contributed by atoms with Gasteiger partial charge in [0.25, 0.3) is 0 Å². The summed E-state index contributed by atoms with van der Waals surface area (Å²) in [6.45, 7) is 3.12. The van der Waals surface area contributed by atoms with E-state index in [1.165, 1.54) is 0 Å². The minimum Gasteiger partial charge on any atom is -0.476 e. The van der Waals surface area contributed by atoms with Crippen molar-refractivity contribution in [2.45, 2.75) is 63.5 Å². The van der Waals surface area contributed by atoms with Gasteiger partial charge >= 0.3 is 6.18 Å². The average Bonchev–Trinajstić information content (AvgIpc) is 2.83. The van der Waals surface area contributed by atoms with Crippen LogP contribution in [-0.2, 0) is 33.9 Å². The molecule has 1 aliphatic rings. The molecule has 0 radical (unpaired) electrons. The van der Waals surface area contributed by atoms with Crippen LogP contribution in [0.5, 0.6) is 5.75 Å². The standard InChI is InChI=1S/C27H36F4N2O4S/c1-26(2,3)19-7-5-6-16(9-19)12-33-21-15-38(35)14-18(25(21)34)8-17-10-20(28)24(32)22(11-17)37-23(13-36-4)27(29,30)31/h5-7,9-11,18,21,23,25,33-34H,8,12-15,32H2,1-4H3/t18-,21+,23-,25+,38-/m1/s1/i12D2. The Balaban J connectivity index is 1.82. The van der Waals surface area contributed by atoms with E-state index in [0.29, 0.717) is 5.56 Å². The first-order valence-electron chi connectivity index (χ1n) is 13.1. The monoisotopic (exact) mass is 562 g/mol. The fourth-order valence-electron chi connectivity index (χ4n) is 4.24. The van der Waals surface area contributed by atoms with Crippen molar-refractivity contribution in [3.05, 3.63) is 58.9 Å². The molecule has 0 bridgehead atoms. The van der Waals surface area contributed by atoms with Crippen LogP contribution in [0.3, 0.4) is 0 Å². The van der Waals surface area contributed by atoms with Gasteiger partial charge in [-0.25, -0.2) is 4.39 Å². The molecule has 1 heterocycles. The van der Waals surface area contributed by atoms with E-state index in [4.69, 9.17) is 13.2 Å². The molecule has 0 amide bonds. The maximum atomic E-state index is 14.6. The fourth-order valence-corrected chi connectivity index (χ4v) is 5.85. The summed E-state index contributed by atoms with van der Waals surface area (Å²) in [5, 5.41) is 13.9. The van der Waals surface area contributed by atoms with E-state index in [1.807, 2.05) is 26.8 Å². The van der Waals surface area contributed by atoms with Crippen molar-refractivity contribution in [1.82, 2.24) is 5.32 Å². The first kappa shape index (κ1) is 27.4. The third kappa shape index (κ3) is 7.91. The van der Waals surface area contributed by atoms with Gasteiger partial charge in [0.1, 0.15) is 17.3 Å². The molecule has 3 rings (SSSR count). The number of nitrogens with one attached hydrogen (secondary N) is 1. The van der Waals surface area contributed by atoms with Crippen molar-refractivity contribution in [2.75, 3.05) is 31.0 Å². The number of aliphatic hydroxyl groups is 1. The maximum absolute atomic E-state index is 14.6. The van der Waals surface area contributed by atoms with Crippen molar-refractivity contribution in [1.29, 1.82) is 0 Å². The summed E-state index contributed by atoms with van der Waals surface area (Å²) in [6, 6.07) is 8.31. The molecule has 4 N–H and O–H groups in total. The van der Waals surface area contributed by atoms with Crippen molar-refractivity contribution in [2.24, 2.45) is 5.92 Å². The Morgan fingerprint density at radius 3 is 2.55 bits per heavy atom. The molecule has 11 heteroatoms. The molecule has 38 heavy (non-hydrogen) atoms. The fraction of sp³-hybridized carbons (Fsp3) is 0.556. The molecule has 6 nitrogen and oxygen atoms in total. The van der Waals surface area contributed by atoms with Gasteiger partial charge < -0.3 is 25.6 Å². The topological polar surface area (TPSA) is 93.8 Å². The number of aliphatic hydroxyl groups excluding tert-OH is 1. The van der Waals surface area contributed by atoms with Crippen LogP contribution in [0.2, 0.25) is 0 Å². The highest BCUT2D eigenvalue weighted by Crippen LogP contribution is 2.33. The molecule has 212 valence electrons. The lowest BCUT2D eigenvalue weighted by molar-refractivity contribution is -0.206. The van der Waals surface area contributed by atoms with Crippen molar-refractivity contribution in [3.8, 4) is 5.75 Å². The molecular weight excluding hydrogens is 524 g/mol. The second-order valence-electron chi connectivity index (χ2n) is 10.5. The van der Waals surface area contributed by atoms with Gasteiger partial charge in [-0.15, -0.1) is 0 Å². The molecule has 1 aliphatic heterocycles. The van der Waals surface area contributed by atoms with E-state index in [-0.39, 0.29) is 28.9 Å². The molecule has 1 saturated heterocycles. The predicted molar refractivity (Wildman–Crippen MR) is 140 cm³/mol. The Kier molecular flexibility index (Phi) is 8.87. The zero-order chi connectivity index (χ0) is 30.0. The van der Waals surface area contributed by atoms with Gasteiger partial charge in [-0.05, 0) is 40.7 Å². The van der Waals surface area contributed by atoms with Gasteiger partial charge in [0.2, 0.25) is 6.10 Å². The van der Waals surface area contributed by atoms with Crippen LogP contribution in [0.15, 0.2) is 36.4 Å². The van der Waals surface area contributed by atoms with Crippen molar-refractivity contribution >= 4 is 16.5 Å². The summed E-state index contributed by atoms with van der Waals surface area (Å²) in [5.41, 5.74) is 6.27. The molecule has 5 atom stereocenters. The molecule has 2 aromatic rings. The number of nitrogen functional groups attached to an aromatic ring is 1. The molecule has 0 spiro atoms. The van der Waals surface area contributed by atoms with E-state index in [1.54, 1.807) is 18.2 Å². The number of anilines is 1. The number of methoxy groups -OCH3 is 1. The normalized spacial score (nSPS) is 24.4. The number of nitrogens with two attached hydrogens (primary N) is 1. The molecular formula is C27H36F4N2O4S. The van der Waals surface area contributed by atoms with Crippen LogP contribution in [0.25, 0.3) is 0 Å². The van der Waals surface area contributed by atoms with E-state index in [0.717, 1.165) is 24.8 Å². The highest BCUT2D eigenvalue weighted by Gasteiger charge is 2.42. The Labute approximate surface area is 226 Å². The van der Waals surface area contributed by atoms with Crippen LogP contribution < -0.4 is 15.8 Å². The predicted octanol–water partition coefficient (Wildman–Crippen LogP) is 4.10. The van der Waals surface area contributed by atoms with E-state index >= 15 is 0 Å². The van der Waals surface area contributed by atoms with Crippen molar-refractivity contribution in [3.63, 3.8) is 0 Å². The van der Waals surface area contributed by atoms with Crippen molar-refractivity contribution < 1.29 is 39.1 Å². The van der Waals surface area contributed by atoms with Gasteiger partial charge in [0, 0.05) is 50.6 Å². The number of hydrogen-bond donors (Lipinski definition) is 3. The Morgan fingerprint density at radius 1 is 1.21 bits per heavy atom. The van der Waals surface area contributed by atoms with Gasteiger partial charge in [-0.3, -0.25) is 4.21 Å². The second kappa shape index (κ2) is 12.3. The van der Waals surface area contributed by atoms with Gasteiger partial charge in [0.05, 0.1) is 12.7 Å². The van der Waals surface area contributed by atoms with E-state index in [9.17, 15) is 26.9 Å². The lowest BCUT2D eigenvalue weighted by Crippen LogP contribution is -2.53. The third-order valence-corrected chi connectivity index (χ3v) is 7.92. The smallest absolute Gasteiger partial charge is 0.427 e. The number of rotatable bonds is 9. The number of hydrogen-bond acceptors (Lipinski definition) is 6. The number of benzene rings is 2. The minimum absolute atomic E-state index is 0.00905. The van der Waals surface area contributed by atoms with Crippen LogP contribution in [0, 0.1) is 11.7 Å². The summed E-state index contributed by atoms with van der Waals surface area (Å²) in [6.07, 6.45) is -8.41. The van der Waals surface area contributed by atoms with Gasteiger partial charge in [0.15, 0.2) is 0 Å². The largest absolute Gasteiger partial charge is 0.476 e. The lowest BCUT2D eigenvalue weighted by Gasteiger charge is -2.35. The van der Waals surface area contributed by atoms with Gasteiger partial charge in [-0.2, -0.15) is 13.2 Å². The maximum Gasteiger partial charge on any atom is 0.427 e. The Hall–Kier alpha value is -2.21. The molecule has 0 saturated carbocycles. The highest BCUT2D eigenvalue weighted by molar-refractivity contribution is 7.85. The van der Waals surface area contributed by atoms with Crippen LogP contribution in [0.1, 0.15) is 40.2 Å². The van der Waals surface area contributed by atoms with Crippen LogP contribution in [-0.4, -0.2) is 59.0 Å². The molecule has 0 aromatic heterocycles. The number of halogens is 4. The summed E-state index contributed by atoms with van der Waals surface area (Å²) in [4.78, 5) is 0. The Morgan fingerprint density at radius 2 is 1.92 bits per heavy atom. The highest BCUT2D eigenvalue weighted by atomic mass is 32.2. The molecule has 0 unspecified atom stereocenters. The first-order valence-corrected chi connectivity index (χ1v) is 13.6. The van der Waals surface area contributed by atoms with E-state index in [2.05, 4.69) is 10.1 Å². The SMILES string of the molecule is [2H]C([2H])(N[C@H]1C[S@](=O)C[C@@H](Cc2cc(F)c(N)c(O[C@H](COC)C(F)(F)F)c2)[C@@H]1O)c1cccc(C(C)(C)C)c1. The number of alkyl halides is 3. The molecule has 1 fully saturated rings. The zero-order valence-electron chi connectivity index (χ0n) is 23.8. The summed E-state index contributed by atoms with van der Waals surface area (Å²) >= 11 is 0. The third-order valence-electron chi connectivity index (χ3n) is 6.39. The molecule has 2 aromatic carbocycles. The van der Waals surface area contributed by atoms with Crippen LogP contribution >= 0.6 is 0 Å². The second-order valence-corrected chi connectivity index (χ2v) is 12.1. The van der Waals surface area contributed by atoms with Crippen LogP contribution in [0.4, 0.5) is 23.2 Å². The lowest BCUT2D eigenvalue weighted by atomic mass is 9.86. The summed E-state index contributed by atoms with van der Waals surface area (Å²) in [5.74, 6) is -2.20. The minimum atomic E-state index is -4.80. The number of ether oxygens (including phenoxy) is 2. The first-order chi connectivity index (χ1) is 18.4. The Bertz CT molecular complexity index is 1210. The van der Waals surface area contributed by atoms with E-state index < -0.39 is 71.5 Å².